The van der Waals surface area contributed by atoms with Gasteiger partial charge in [0, 0.05) is 86.7 Å². The summed E-state index contributed by atoms with van der Waals surface area (Å²) in [6, 6.07) is 2.59. The van der Waals surface area contributed by atoms with E-state index in [2.05, 4.69) is 70.7 Å². The van der Waals surface area contributed by atoms with Crippen LogP contribution in [0.15, 0.2) is 48.5 Å². The second kappa shape index (κ2) is 48.0. The Morgan fingerprint density at radius 3 is 1.45 bits per heavy atom. The third-order valence-corrected chi connectivity index (χ3v) is 19.1. The largest absolute Gasteiger partial charge is 0.481 e. The number of carbonyl (C=O) groups is 14. The van der Waals surface area contributed by atoms with Crippen molar-refractivity contribution in [3.8, 4) is 0 Å². The molecule has 0 aromatic heterocycles. The number of para-hydroxylation sites is 2. The zero-order chi connectivity index (χ0) is 83.5. The summed E-state index contributed by atoms with van der Waals surface area (Å²) in [4.78, 5) is 190. The molecule has 626 valence electrons. The van der Waals surface area contributed by atoms with Gasteiger partial charge in [0.05, 0.1) is 43.3 Å². The molecule has 2 aromatic rings. The van der Waals surface area contributed by atoms with E-state index < -0.39 is 251 Å². The van der Waals surface area contributed by atoms with Crippen molar-refractivity contribution in [1.29, 1.82) is 0 Å². The third-order valence-electron chi connectivity index (χ3n) is 18.8. The number of amides is 11. The Morgan fingerprint density at radius 2 is 0.973 bits per heavy atom. The van der Waals surface area contributed by atoms with Gasteiger partial charge in [-0.15, -0.1) is 0 Å². The lowest BCUT2D eigenvalue weighted by atomic mass is 9.90. The molecular formula is C72H110N12O27S. The summed E-state index contributed by atoms with van der Waals surface area (Å²) in [5.41, 5.74) is 1.09. The summed E-state index contributed by atoms with van der Waals surface area (Å²) in [6.45, 7) is 1.83. The van der Waals surface area contributed by atoms with Gasteiger partial charge >= 0.3 is 23.9 Å². The Morgan fingerprint density at radius 1 is 0.518 bits per heavy atom. The van der Waals surface area contributed by atoms with E-state index in [4.69, 9.17) is 10.2 Å². The summed E-state index contributed by atoms with van der Waals surface area (Å²) < 4.78 is 0. The van der Waals surface area contributed by atoms with E-state index in [1.165, 1.54) is 11.0 Å². The van der Waals surface area contributed by atoms with Crippen molar-refractivity contribution in [2.75, 3.05) is 66.8 Å². The average molecular weight is 1610 g/mol. The minimum Gasteiger partial charge on any atom is -0.481 e. The number of anilines is 3. The molecule has 11 amide bonds. The number of hydrogen-bond donors (Lipinski definition) is 24. The molecule has 0 bridgehead atoms. The first kappa shape index (κ1) is 95.1. The molecule has 1 saturated carbocycles. The molecule has 23 N–H and O–H groups in total. The van der Waals surface area contributed by atoms with Gasteiger partial charge in [-0.1, -0.05) is 77.5 Å². The first-order valence-electron chi connectivity index (χ1n) is 37.0. The number of rotatable bonds is 49. The number of thiol groups is 1. The van der Waals surface area contributed by atoms with Gasteiger partial charge in [-0.25, -0.2) is 9.59 Å². The van der Waals surface area contributed by atoms with E-state index in [-0.39, 0.29) is 55.6 Å². The van der Waals surface area contributed by atoms with Crippen molar-refractivity contribution in [2.24, 2.45) is 5.41 Å². The second-order valence-electron chi connectivity index (χ2n) is 28.6. The van der Waals surface area contributed by atoms with Crippen LogP contribution in [0.3, 0.4) is 0 Å². The summed E-state index contributed by atoms with van der Waals surface area (Å²) in [5, 5.41) is 152. The van der Waals surface area contributed by atoms with Gasteiger partial charge in [0.15, 0.2) is 5.78 Å². The predicted octanol–water partition coefficient (Wildman–Crippen LogP) is -4.12. The van der Waals surface area contributed by atoms with Crippen molar-refractivity contribution in [2.45, 2.75) is 234 Å². The Kier molecular flexibility index (Phi) is 40.8. The standard InChI is InChI=1S/C72H110N12O27S/c1-72(2,3)54(91)35-84-49-20-12-11-19-48(49)83(41-17-8-7-9-18-41)34-46(69(84)108)82-71(111)76-40-16-14-15-39(31-40)64(103)73-30-13-6-4-5-10-21-57(94)77-42(24-28-58(95)96)65(104)78-43(22-26-55(92)74-32-50(87)60(99)62(101)52(89)36-85)66(105)80-45(25-29-59(97)98)67(106)79-44(68(107)81-47(38-112)70(109)110)23-27-56(93)75-33-51(88)61(100)63(102)53(90)37-86/h11-12,14-16,19-20,31,41-47,50-53,60-63,85-90,99-102,112H,4-10,13,17-18,21-30,32-38H2,1-3H3,(H,73,103)(H,74,92)(H,75,93)(H,77,94)(H,78,104)(H,79,106)(H,80,105)(H,81,107)(H,95,96)(H,97,98)(H,109,110)(H2,76,82,111)/t42-,43-,44-,45-,46+,47-,50+,51+,52-,53-,60-,61-,62-,63-/m0/s1. The number of carboxylic acid groups (broad SMARTS) is 3. The number of unbranched alkanes of at least 4 members (excludes halogenated alkanes) is 4. The van der Waals surface area contributed by atoms with Gasteiger partial charge in [0.1, 0.15) is 72.9 Å². The van der Waals surface area contributed by atoms with Gasteiger partial charge in [0.25, 0.3) is 11.8 Å². The molecule has 0 radical (unpaired) electrons. The van der Waals surface area contributed by atoms with Crippen LogP contribution in [-0.4, -0.2) is 292 Å². The van der Waals surface area contributed by atoms with E-state index in [9.17, 15) is 123 Å². The van der Waals surface area contributed by atoms with Crippen LogP contribution in [0.4, 0.5) is 21.9 Å². The maximum atomic E-state index is 14.5. The monoisotopic (exact) mass is 1610 g/mol. The third kappa shape index (κ3) is 32.1. The van der Waals surface area contributed by atoms with Crippen LogP contribution in [0.25, 0.3) is 0 Å². The number of aliphatic hydroxyl groups is 10. The maximum Gasteiger partial charge on any atom is 0.327 e. The van der Waals surface area contributed by atoms with Crippen molar-refractivity contribution >= 4 is 113 Å². The summed E-state index contributed by atoms with van der Waals surface area (Å²) in [5.74, 6) is -14.2. The number of Topliss-reactive ketones (excluding diaryl/α,β-unsaturated/α-hetero) is 1. The lowest BCUT2D eigenvalue weighted by Gasteiger charge is -2.37. The number of nitrogens with one attached hydrogen (secondary N) is 10. The number of ketones is 1. The van der Waals surface area contributed by atoms with Crippen LogP contribution >= 0.6 is 12.6 Å². The van der Waals surface area contributed by atoms with Gasteiger partial charge in [-0.05, 0) is 81.7 Å². The van der Waals surface area contributed by atoms with Crippen molar-refractivity contribution in [3.05, 3.63) is 54.1 Å². The first-order valence-corrected chi connectivity index (χ1v) is 37.7. The molecule has 2 aliphatic rings. The van der Waals surface area contributed by atoms with Crippen LogP contribution < -0.4 is 63.0 Å². The molecule has 2 aromatic carbocycles. The van der Waals surface area contributed by atoms with Gasteiger partial charge in [0.2, 0.25) is 41.4 Å². The highest BCUT2D eigenvalue weighted by Crippen LogP contribution is 2.38. The number of carbonyl (C=O) groups excluding carboxylic acids is 11. The molecule has 1 aliphatic carbocycles. The molecule has 40 heteroatoms. The van der Waals surface area contributed by atoms with E-state index in [0.717, 1.165) is 37.8 Å². The smallest absolute Gasteiger partial charge is 0.327 e. The minimum atomic E-state index is -2.13. The van der Waals surface area contributed by atoms with Gasteiger partial charge < -0.3 is 129 Å². The number of nitrogens with zero attached hydrogens (tertiary/aromatic N) is 2. The molecule has 14 atom stereocenters. The molecule has 1 aliphatic heterocycles. The van der Waals surface area contributed by atoms with Crippen molar-refractivity contribution < 1.29 is 134 Å². The molecule has 4 rings (SSSR count). The lowest BCUT2D eigenvalue weighted by molar-refractivity contribution is -0.142. The quantitative estimate of drug-likeness (QED) is 0.0221. The Hall–Kier alpha value is -9.23. The number of urea groups is 1. The van der Waals surface area contributed by atoms with Gasteiger partial charge in [-0.3, -0.25) is 57.5 Å². The number of benzene rings is 2. The Labute approximate surface area is 651 Å². The van der Waals surface area contributed by atoms with Crippen LogP contribution in [0, 0.1) is 5.41 Å². The molecule has 0 unspecified atom stereocenters. The number of aliphatic carboxylic acids is 3. The molecule has 0 saturated heterocycles. The molecule has 0 spiro atoms. The van der Waals surface area contributed by atoms with E-state index in [1.807, 2.05) is 18.2 Å². The molecule has 1 fully saturated rings. The highest BCUT2D eigenvalue weighted by atomic mass is 32.1. The molecule has 112 heavy (non-hydrogen) atoms. The van der Waals surface area contributed by atoms with Crippen LogP contribution in [0.2, 0.25) is 0 Å². The Balaban J connectivity index is 1.43. The van der Waals surface area contributed by atoms with Crippen LogP contribution in [-0.2, 0) is 57.5 Å². The van der Waals surface area contributed by atoms with Gasteiger partial charge in [-0.2, -0.15) is 12.6 Å². The maximum absolute atomic E-state index is 14.5. The molecule has 1 heterocycles. The van der Waals surface area contributed by atoms with E-state index in [0.29, 0.717) is 31.4 Å². The molecular weight excluding hydrogens is 1500 g/mol. The topological polar surface area (TPSA) is 629 Å². The van der Waals surface area contributed by atoms with E-state index in [1.54, 1.807) is 45.0 Å². The highest BCUT2D eigenvalue weighted by molar-refractivity contribution is 7.80. The SMILES string of the molecule is CC(C)(C)C(=O)CN1C(=O)[C@H](NC(=O)Nc2cccc(C(=O)NCCCCCCCC(=O)N[C@@H](CCC(=O)O)C(=O)N[C@@H](CCC(=O)NC[C@@H](O)[C@H](O)[C@@H](O)[C@@H](O)CO)C(=O)N[C@@H](CCC(=O)O)C(=O)N[C@@H](CCC(=O)NC[C@@H](O)[C@H](O)[C@@H](O)[C@@H](O)CO)C(=O)N[C@@H](CS)C(=O)O)c2)CN(C2CCCCC2)c2ccccc21. The summed E-state index contributed by atoms with van der Waals surface area (Å²) in [7, 11) is 0. The number of fused-ring (bicyclic) bond motifs is 1. The minimum absolute atomic E-state index is 0.0966. The average Bonchev–Trinajstić information content (AvgIpc) is 1.62. The van der Waals surface area contributed by atoms with Crippen molar-refractivity contribution in [3.63, 3.8) is 0 Å². The lowest BCUT2D eigenvalue weighted by Crippen LogP contribution is -2.59. The number of aliphatic hydroxyl groups excluding tert-OH is 10. The second-order valence-corrected chi connectivity index (χ2v) is 28.9. The Bertz CT molecular complexity index is 3490. The van der Waals surface area contributed by atoms with Crippen molar-refractivity contribution in [1.82, 2.24) is 47.9 Å². The van der Waals surface area contributed by atoms with E-state index >= 15 is 0 Å². The normalized spacial score (nSPS) is 17.3. The zero-order valence-corrected chi connectivity index (χ0v) is 63.6. The fourth-order valence-corrected chi connectivity index (χ4v) is 12.2. The van der Waals surface area contributed by atoms with Crippen LogP contribution in [0.1, 0.15) is 153 Å². The number of hydrogen-bond acceptors (Lipinski definition) is 26. The first-order chi connectivity index (χ1) is 52.9. The highest BCUT2D eigenvalue weighted by Gasteiger charge is 2.41. The zero-order valence-electron chi connectivity index (χ0n) is 62.7. The summed E-state index contributed by atoms with van der Waals surface area (Å²) >= 11 is 3.90. The summed E-state index contributed by atoms with van der Waals surface area (Å²) in [6.07, 6.45) is -15.3. The fourth-order valence-electron chi connectivity index (χ4n) is 12.0. The fraction of sp³-hybridized carbons (Fsp3) is 0.639. The predicted molar refractivity (Wildman–Crippen MR) is 401 cm³/mol. The number of carboxylic acids is 3. The van der Waals surface area contributed by atoms with Crippen LogP contribution in [0.5, 0.6) is 0 Å². The molecule has 39 nitrogen and oxygen atoms in total.